The van der Waals surface area contributed by atoms with Gasteiger partial charge in [-0.15, -0.1) is 57.1 Å². The predicted molar refractivity (Wildman–Crippen MR) is 438 cm³/mol. The number of rotatable bonds is 12. The number of aromatic nitrogens is 5. The molecule has 5 aliphatic rings. The Labute approximate surface area is 671 Å². The Morgan fingerprint density at radius 1 is 0.772 bits per heavy atom. The fourth-order valence-electron chi connectivity index (χ4n) is 11.9. The van der Waals surface area contributed by atoms with Crippen LogP contribution in [-0.2, 0) is 10.3 Å². The van der Waals surface area contributed by atoms with Gasteiger partial charge in [0, 0.05) is 32.8 Å². The molecule has 114 heavy (non-hydrogen) atoms. The first-order valence-electron chi connectivity index (χ1n) is 35.3. The molecule has 13 bridgehead atoms. The van der Waals surface area contributed by atoms with Crippen LogP contribution in [0.3, 0.4) is 0 Å². The van der Waals surface area contributed by atoms with Gasteiger partial charge >= 0.3 is 5.97 Å². The van der Waals surface area contributed by atoms with Crippen LogP contribution in [-0.4, -0.2) is 254 Å². The number of hydrogen-bond donors (Lipinski definition) is 18. The normalized spacial score (nSPS) is 27.3. The fraction of sp³-hybridized carbons (Fsp3) is 0.431. The minimum absolute atomic E-state index is 0.0242. The van der Waals surface area contributed by atoms with Crippen LogP contribution >= 0.6 is 57.1 Å². The monoisotopic (exact) mass is 1660 g/mol. The summed E-state index contributed by atoms with van der Waals surface area (Å²) in [6.07, 6.45) is -2.92. The number of ether oxygens (including phenoxy) is 1. The predicted octanol–water partition coefficient (Wildman–Crippen LogP) is 9.43. The van der Waals surface area contributed by atoms with E-state index in [0.29, 0.717) is 6.42 Å². The van der Waals surface area contributed by atoms with Crippen molar-refractivity contribution in [1.82, 2.24) is 30.2 Å². The van der Waals surface area contributed by atoms with E-state index in [1.165, 1.54) is 82.1 Å². The van der Waals surface area contributed by atoms with E-state index < -0.39 is 196 Å². The molecule has 5 aromatic heterocycles. The molecular weight excluding hydrogens is 1580 g/mol. The lowest BCUT2D eigenvalue weighted by Crippen LogP contribution is -2.49. The molecule has 0 aromatic carbocycles. The molecular formula is C72H85N19O18S5. The van der Waals surface area contributed by atoms with Crippen molar-refractivity contribution in [3.8, 4) is 0 Å². The number of aliphatic imine (C=N–C) groups is 12. The van der Waals surface area contributed by atoms with Gasteiger partial charge < -0.3 is 86.4 Å². The summed E-state index contributed by atoms with van der Waals surface area (Å²) in [6, 6.07) is -11.4. The van der Waals surface area contributed by atoms with Crippen LogP contribution in [0.5, 0.6) is 0 Å². The first kappa shape index (κ1) is 85.9. The molecule has 0 radical (unpaired) electrons. The largest absolute Gasteiger partial charge is 0.495 e. The number of pyridine rings is 1. The Kier molecular flexibility index (Phi) is 26.7. The molecule has 1 aliphatic carbocycles. The van der Waals surface area contributed by atoms with Crippen molar-refractivity contribution in [2.45, 2.75) is 185 Å². The summed E-state index contributed by atoms with van der Waals surface area (Å²) in [5.74, 6) is -10.6. The molecule has 0 fully saturated rings. The molecule has 0 amide bonds. The van der Waals surface area contributed by atoms with E-state index >= 15 is 4.79 Å². The van der Waals surface area contributed by atoms with Crippen LogP contribution < -0.4 is 5.32 Å². The third-order valence-electron chi connectivity index (χ3n) is 18.9. The second kappa shape index (κ2) is 35.5. The number of nitrogens with one attached hydrogen (secondary N) is 2. The average Bonchev–Trinajstić information content (AvgIpc) is 1.50. The summed E-state index contributed by atoms with van der Waals surface area (Å²) in [5.41, 5.74) is -6.70. The highest BCUT2D eigenvalue weighted by Gasteiger charge is 2.50. The van der Waals surface area contributed by atoms with E-state index in [-0.39, 0.29) is 94.7 Å². The third-order valence-corrected chi connectivity index (χ3v) is 23.7. The van der Waals surface area contributed by atoms with Crippen LogP contribution in [0.2, 0.25) is 0 Å². The number of allylic oxidation sites excluding steroid dienone is 1. The van der Waals surface area contributed by atoms with Gasteiger partial charge in [-0.2, -0.15) is 0 Å². The van der Waals surface area contributed by atoms with E-state index in [4.69, 9.17) is 35.1 Å². The van der Waals surface area contributed by atoms with E-state index in [1.54, 1.807) is 26.0 Å². The van der Waals surface area contributed by atoms with Crippen molar-refractivity contribution in [3.05, 3.63) is 148 Å². The number of fused-ring (bicyclic) bond motifs is 7. The van der Waals surface area contributed by atoms with Gasteiger partial charge in [-0.25, -0.2) is 79.6 Å². The van der Waals surface area contributed by atoms with Crippen LogP contribution in [0.25, 0.3) is 6.08 Å². The van der Waals surface area contributed by atoms with Crippen LogP contribution in [0.15, 0.2) is 142 Å². The number of esters is 1. The third kappa shape index (κ3) is 18.6. The lowest BCUT2D eigenvalue weighted by molar-refractivity contribution is -0.0698. The number of cyclic esters (lactones) is 1. The second-order valence-corrected chi connectivity index (χ2v) is 31.7. The number of aliphatic hydroxyl groups excluding tert-OH is 15. The Morgan fingerprint density at radius 3 is 2.13 bits per heavy atom. The van der Waals surface area contributed by atoms with Crippen molar-refractivity contribution in [3.63, 3.8) is 0 Å². The van der Waals surface area contributed by atoms with Crippen molar-refractivity contribution in [2.75, 3.05) is 5.75 Å². The lowest BCUT2D eigenvalue weighted by Gasteiger charge is -2.37. The van der Waals surface area contributed by atoms with Crippen molar-refractivity contribution < 1.29 is 91.2 Å². The van der Waals surface area contributed by atoms with Gasteiger partial charge in [0.15, 0.2) is 11.9 Å². The number of carbonyl (C=O) groups excluding carboxylic acids is 1. The van der Waals surface area contributed by atoms with E-state index in [2.05, 4.69) is 84.9 Å². The maximum absolute atomic E-state index is 15.1. The molecule has 1 unspecified atom stereocenters. The first-order chi connectivity index (χ1) is 53.7. The number of nitrogens with zero attached hydrogens (tertiary/aromatic N) is 17. The Bertz CT molecular complexity index is 5060. The zero-order chi connectivity index (χ0) is 83.4. The topological polar surface area (TPSA) is 599 Å². The molecule has 18 N–H and O–H groups in total. The second-order valence-electron chi connectivity index (χ2n) is 27.2. The van der Waals surface area contributed by atoms with Crippen molar-refractivity contribution >= 4 is 145 Å². The molecule has 5 aromatic rings. The molecule has 0 saturated heterocycles. The van der Waals surface area contributed by atoms with Crippen molar-refractivity contribution in [2.24, 2.45) is 65.8 Å². The van der Waals surface area contributed by atoms with E-state index in [9.17, 15) is 81.7 Å². The summed E-state index contributed by atoms with van der Waals surface area (Å²) < 4.78 is 6.28. The summed E-state index contributed by atoms with van der Waals surface area (Å²) in [6.45, 7) is 25.2. The van der Waals surface area contributed by atoms with Gasteiger partial charge in [0.1, 0.15) is 125 Å². The number of thiazole rings is 4. The maximum Gasteiger partial charge on any atom is 0.357 e. The molecule has 17 atom stereocenters. The number of aliphatic hydroxyl groups is 16. The minimum atomic E-state index is -2.20. The maximum atomic E-state index is 15.1. The Balaban J connectivity index is 1.25. The summed E-state index contributed by atoms with van der Waals surface area (Å²) >= 11 is 4.59. The van der Waals surface area contributed by atoms with Gasteiger partial charge in [-0.1, -0.05) is 58.2 Å². The van der Waals surface area contributed by atoms with Gasteiger partial charge in [0.2, 0.25) is 59.0 Å². The van der Waals surface area contributed by atoms with E-state index in [0.717, 1.165) is 57.1 Å². The van der Waals surface area contributed by atoms with Crippen LogP contribution in [0.4, 0.5) is 0 Å². The zero-order valence-corrected chi connectivity index (χ0v) is 66.9. The molecule has 9 heterocycles. The molecule has 37 nitrogen and oxygen atoms in total. The smallest absolute Gasteiger partial charge is 0.357 e. The average molecular weight is 1660 g/mol. The highest BCUT2D eigenvalue weighted by Crippen LogP contribution is 2.51. The van der Waals surface area contributed by atoms with Crippen molar-refractivity contribution in [1.29, 1.82) is 5.41 Å². The van der Waals surface area contributed by atoms with Gasteiger partial charge in [0.25, 0.3) is 0 Å². The van der Waals surface area contributed by atoms with Gasteiger partial charge in [0.05, 0.1) is 53.2 Å². The molecule has 0 spiro atoms. The molecule has 4 aliphatic heterocycles. The summed E-state index contributed by atoms with van der Waals surface area (Å²) in [7, 11) is 0. The highest BCUT2D eigenvalue weighted by atomic mass is 32.2. The molecule has 606 valence electrons. The molecule has 10 rings (SSSR count). The lowest BCUT2D eigenvalue weighted by atomic mass is 9.81. The minimum Gasteiger partial charge on any atom is -0.495 e. The highest BCUT2D eigenvalue weighted by molar-refractivity contribution is 8.14. The van der Waals surface area contributed by atoms with Crippen LogP contribution in [0, 0.1) is 11.3 Å². The zero-order valence-electron chi connectivity index (χ0n) is 62.8. The fourth-order valence-corrected chi connectivity index (χ4v) is 16.7. The molecule has 0 saturated carbocycles. The number of thioether (sulfide) groups is 1. The standard InChI is InChI=1S/C72H85N19O18S5/c1-14-26(3)47-63(105)78-30(7)57(99)75-28(5)56(98)76-31(8)58(100)91-72-19-18-40(66-85-43(22-111-66)59(101)77-29(6)55(97)74-27(4)54(73)96)81-52(72)42-21-112-67(83-42)49(34(11)109-69(107)41-20-37(32(9)92)36-16-17-39(79-47)51(95)50(36)80-41)89-60(102)44-24-113-68(86-44)53(71(13,108)35(12)94)90-62(104)45-23-110-65(84-45)38(15-2)82-64(106)48(33(10)93)88-61(103)46-25-114-70(72)87-46/h15-17,20-22,24-26,30-35,39,45,47-49,51-53,79,92-95,108H,4-6,14,18-19,23H2,1-3,7-13H3,(H2,73,96)(H,74,97)(H,75,99)(H,76,98)(H,77,101)(H,78,105)(H,82,106)(H,88,103)(H,89,102)(H,90,104)(H,91,100)/b38-15-/t26-,30-,31-,32-,33+,34+,35+,39+,45+,47-,48-,49-,51-,52+,53+,71?,72+/m0/s1. The Morgan fingerprint density at radius 2 is 1.46 bits per heavy atom. The SMILES string of the molecule is C=C(N=C(O)C(=C)N=C(O)c1csc(C2=N[C@@H]3c4csc(n4)[C@H]4N=C(O)c5csc(n5)[C@H](C(C)(O)[C@@H](C)O)N=C(O)[C@H]5CSC(=N5)/C(=C/C)N=C(O)[C@H]([C@@H](C)O)N=C(O)c5csc(n5)[C@]3(CC2)N=C(O)[C@H](C)N=C(O)C(=C)N=C(O)[C@H](C)N=C(O)[C@H]([C@@H](C)CC)N[C@@H]2C=Cc3c([C@H](C)O)cc(nc3[C@H]2O)C(=O)O[C@@H]4C)n1)C(=N)O. The van der Waals surface area contributed by atoms with Crippen LogP contribution in [0.1, 0.15) is 189 Å². The molecule has 42 heteroatoms. The van der Waals surface area contributed by atoms with Gasteiger partial charge in [-0.05, 0) is 85.8 Å². The first-order valence-corrected chi connectivity index (χ1v) is 39.8. The Hall–Kier alpha value is -10.5. The number of hydrogen-bond acceptors (Lipinski definition) is 31. The quantitative estimate of drug-likeness (QED) is 0.0314. The summed E-state index contributed by atoms with van der Waals surface area (Å²) in [4.78, 5) is 91.8. The number of carbonyl (C=O) groups is 1. The van der Waals surface area contributed by atoms with Gasteiger partial charge in [-0.3, -0.25) is 20.7 Å². The van der Waals surface area contributed by atoms with E-state index in [1.807, 2.05) is 6.92 Å². The summed E-state index contributed by atoms with van der Waals surface area (Å²) in [5, 5.41) is 201.